The maximum Gasteiger partial charge on any atom is 0.152 e. The molecule has 3 rings (SSSR count). The number of para-hydroxylation sites is 1. The van der Waals surface area contributed by atoms with Crippen molar-refractivity contribution in [3.8, 4) is 0 Å². The number of hydrogen-bond acceptors (Lipinski definition) is 2. The Kier molecular flexibility index (Phi) is 2.64. The average Bonchev–Trinajstić information content (AvgIpc) is 2.85. The fraction of sp³-hybridized carbons (Fsp3) is 0.429. The first-order valence-electron chi connectivity index (χ1n) is 6.03. The Morgan fingerprint density at radius 2 is 2.18 bits per heavy atom. The van der Waals surface area contributed by atoms with Crippen LogP contribution < -0.4 is 0 Å². The van der Waals surface area contributed by atoms with Crippen LogP contribution in [-0.2, 0) is 0 Å². The van der Waals surface area contributed by atoms with E-state index in [4.69, 9.17) is 16.0 Å². The highest BCUT2D eigenvalue weighted by molar-refractivity contribution is 6.34. The number of benzene rings is 1. The molecule has 0 radical (unpaired) electrons. The molecule has 0 bridgehead atoms. The highest BCUT2D eigenvalue weighted by atomic mass is 35.5. The van der Waals surface area contributed by atoms with Gasteiger partial charge in [0, 0.05) is 11.3 Å². The molecule has 1 aliphatic rings. The molecule has 0 aliphatic heterocycles. The summed E-state index contributed by atoms with van der Waals surface area (Å²) >= 11 is 6.10. The van der Waals surface area contributed by atoms with E-state index in [-0.39, 0.29) is 12.0 Å². The standard InChI is InChI=1S/C14H15ClO2/c1-8-10(5-6-12(8)16)13-7-9-3-2-4-11(15)14(9)17-13/h2-4,7-8,10,12,16H,5-6H2,1H3. The first-order valence-corrected chi connectivity index (χ1v) is 6.40. The third-order valence-corrected chi connectivity index (χ3v) is 4.19. The molecular formula is C14H15ClO2. The monoisotopic (exact) mass is 250 g/mol. The number of hydrogen-bond donors (Lipinski definition) is 1. The van der Waals surface area contributed by atoms with Gasteiger partial charge in [0.05, 0.1) is 11.1 Å². The third-order valence-electron chi connectivity index (χ3n) is 3.90. The van der Waals surface area contributed by atoms with Crippen LogP contribution >= 0.6 is 11.6 Å². The maximum atomic E-state index is 9.79. The lowest BCUT2D eigenvalue weighted by Crippen LogP contribution is -2.13. The zero-order chi connectivity index (χ0) is 12.0. The average molecular weight is 251 g/mol. The lowest BCUT2D eigenvalue weighted by Gasteiger charge is -2.14. The van der Waals surface area contributed by atoms with Crippen molar-refractivity contribution in [1.82, 2.24) is 0 Å². The zero-order valence-electron chi connectivity index (χ0n) is 9.69. The van der Waals surface area contributed by atoms with Crippen LogP contribution in [0.1, 0.15) is 31.4 Å². The van der Waals surface area contributed by atoms with Crippen molar-refractivity contribution < 1.29 is 9.52 Å². The predicted molar refractivity (Wildman–Crippen MR) is 68.4 cm³/mol. The molecule has 3 atom stereocenters. The normalized spacial score (nSPS) is 29.0. The van der Waals surface area contributed by atoms with Crippen LogP contribution in [0.3, 0.4) is 0 Å². The van der Waals surface area contributed by atoms with Gasteiger partial charge in [-0.3, -0.25) is 0 Å². The van der Waals surface area contributed by atoms with Crippen LogP contribution in [0.5, 0.6) is 0 Å². The molecule has 1 aromatic carbocycles. The maximum absolute atomic E-state index is 9.79. The van der Waals surface area contributed by atoms with Gasteiger partial charge >= 0.3 is 0 Å². The van der Waals surface area contributed by atoms with Gasteiger partial charge < -0.3 is 9.52 Å². The second-order valence-corrected chi connectivity index (χ2v) is 5.32. The van der Waals surface area contributed by atoms with Crippen LogP contribution in [0.15, 0.2) is 28.7 Å². The summed E-state index contributed by atoms with van der Waals surface area (Å²) in [6.45, 7) is 2.08. The lowest BCUT2D eigenvalue weighted by molar-refractivity contribution is 0.134. The Hall–Kier alpha value is -0.990. The summed E-state index contributed by atoms with van der Waals surface area (Å²) in [6, 6.07) is 7.83. The molecule has 0 saturated heterocycles. The topological polar surface area (TPSA) is 33.4 Å². The SMILES string of the molecule is CC1C(O)CCC1c1cc2cccc(Cl)c2o1. The third kappa shape index (κ3) is 1.76. The van der Waals surface area contributed by atoms with Crippen molar-refractivity contribution in [2.75, 3.05) is 0 Å². The van der Waals surface area contributed by atoms with Crippen molar-refractivity contribution in [1.29, 1.82) is 0 Å². The van der Waals surface area contributed by atoms with E-state index in [1.165, 1.54) is 0 Å². The molecule has 90 valence electrons. The molecular weight excluding hydrogens is 236 g/mol. The number of rotatable bonds is 1. The van der Waals surface area contributed by atoms with Gasteiger partial charge in [0.1, 0.15) is 5.76 Å². The quantitative estimate of drug-likeness (QED) is 0.831. The van der Waals surface area contributed by atoms with Gasteiger partial charge in [0.2, 0.25) is 0 Å². The molecule has 1 fully saturated rings. The first-order chi connectivity index (χ1) is 8.16. The Bertz CT molecular complexity index is 546. The van der Waals surface area contributed by atoms with Crippen molar-refractivity contribution in [3.05, 3.63) is 35.0 Å². The van der Waals surface area contributed by atoms with Gasteiger partial charge in [-0.2, -0.15) is 0 Å². The Morgan fingerprint density at radius 3 is 2.82 bits per heavy atom. The molecule has 17 heavy (non-hydrogen) atoms. The summed E-state index contributed by atoms with van der Waals surface area (Å²) in [7, 11) is 0. The van der Waals surface area contributed by atoms with E-state index in [0.717, 1.165) is 29.6 Å². The van der Waals surface area contributed by atoms with Crippen LogP contribution in [-0.4, -0.2) is 11.2 Å². The van der Waals surface area contributed by atoms with E-state index in [0.29, 0.717) is 10.9 Å². The number of furan rings is 1. The van der Waals surface area contributed by atoms with Crippen LogP contribution in [0.25, 0.3) is 11.0 Å². The van der Waals surface area contributed by atoms with Crippen molar-refractivity contribution in [2.45, 2.75) is 31.8 Å². The molecule has 0 amide bonds. The molecule has 1 aliphatic carbocycles. The van der Waals surface area contributed by atoms with E-state index in [1.54, 1.807) is 0 Å². The summed E-state index contributed by atoms with van der Waals surface area (Å²) in [5.74, 6) is 1.53. The largest absolute Gasteiger partial charge is 0.459 e. The summed E-state index contributed by atoms with van der Waals surface area (Å²) in [5, 5.41) is 11.5. The minimum atomic E-state index is -0.205. The zero-order valence-corrected chi connectivity index (χ0v) is 10.4. The van der Waals surface area contributed by atoms with E-state index >= 15 is 0 Å². The molecule has 2 nitrogen and oxygen atoms in total. The van der Waals surface area contributed by atoms with Gasteiger partial charge in [0.25, 0.3) is 0 Å². The first kappa shape index (κ1) is 11.1. The summed E-state index contributed by atoms with van der Waals surface area (Å²) in [5.41, 5.74) is 0.762. The summed E-state index contributed by atoms with van der Waals surface area (Å²) in [6.07, 6.45) is 1.64. The Balaban J connectivity index is 2.04. The van der Waals surface area contributed by atoms with Gasteiger partial charge in [-0.15, -0.1) is 0 Å². The second kappa shape index (κ2) is 4.04. The van der Waals surface area contributed by atoms with Gasteiger partial charge in [-0.25, -0.2) is 0 Å². The van der Waals surface area contributed by atoms with Gasteiger partial charge in [0.15, 0.2) is 5.58 Å². The van der Waals surface area contributed by atoms with Crippen molar-refractivity contribution in [2.24, 2.45) is 5.92 Å². The molecule has 3 unspecified atom stereocenters. The molecule has 1 aromatic heterocycles. The molecule has 1 N–H and O–H groups in total. The minimum absolute atomic E-state index is 0.205. The Morgan fingerprint density at radius 1 is 1.35 bits per heavy atom. The fourth-order valence-corrected chi connectivity index (χ4v) is 3.00. The van der Waals surface area contributed by atoms with Gasteiger partial charge in [-0.1, -0.05) is 30.7 Å². The van der Waals surface area contributed by atoms with Crippen LogP contribution in [0.4, 0.5) is 0 Å². The fourth-order valence-electron chi connectivity index (χ4n) is 2.78. The summed E-state index contributed by atoms with van der Waals surface area (Å²) in [4.78, 5) is 0. The van der Waals surface area contributed by atoms with Crippen molar-refractivity contribution >= 4 is 22.6 Å². The van der Waals surface area contributed by atoms with E-state index in [2.05, 4.69) is 13.0 Å². The van der Waals surface area contributed by atoms with Crippen molar-refractivity contribution in [3.63, 3.8) is 0 Å². The number of fused-ring (bicyclic) bond motifs is 1. The predicted octanol–water partition coefficient (Wildman–Crippen LogP) is 3.96. The lowest BCUT2D eigenvalue weighted by atomic mass is 9.94. The van der Waals surface area contributed by atoms with Crippen LogP contribution in [0, 0.1) is 5.92 Å². The molecule has 1 heterocycles. The van der Waals surface area contributed by atoms with E-state index in [1.807, 2.05) is 18.2 Å². The highest BCUT2D eigenvalue weighted by Crippen LogP contribution is 2.42. The number of aliphatic hydroxyl groups is 1. The molecule has 0 spiro atoms. The molecule has 3 heteroatoms. The number of halogens is 1. The highest BCUT2D eigenvalue weighted by Gasteiger charge is 2.34. The smallest absolute Gasteiger partial charge is 0.152 e. The summed E-state index contributed by atoms with van der Waals surface area (Å²) < 4.78 is 5.86. The molecule has 1 saturated carbocycles. The molecule has 2 aromatic rings. The minimum Gasteiger partial charge on any atom is -0.459 e. The van der Waals surface area contributed by atoms with E-state index in [9.17, 15) is 5.11 Å². The van der Waals surface area contributed by atoms with Crippen LogP contribution in [0.2, 0.25) is 5.02 Å². The Labute approximate surface area is 105 Å². The van der Waals surface area contributed by atoms with Gasteiger partial charge in [-0.05, 0) is 30.9 Å². The number of aliphatic hydroxyl groups excluding tert-OH is 1. The van der Waals surface area contributed by atoms with E-state index < -0.39 is 0 Å². The second-order valence-electron chi connectivity index (χ2n) is 4.92.